The molecule has 34 heavy (non-hydrogen) atoms. The lowest BCUT2D eigenvalue weighted by Gasteiger charge is -2.30. The number of esters is 1. The number of aliphatic imine (C=N–C) groups is 1. The van der Waals surface area contributed by atoms with E-state index >= 15 is 0 Å². The summed E-state index contributed by atoms with van der Waals surface area (Å²) in [4.78, 5) is 29.8. The van der Waals surface area contributed by atoms with Crippen molar-refractivity contribution >= 4 is 23.5 Å². The Morgan fingerprint density at radius 3 is 2.59 bits per heavy atom. The molecule has 0 radical (unpaired) electrons. The largest absolute Gasteiger partial charge is 0.469 e. The highest BCUT2D eigenvalue weighted by molar-refractivity contribution is 6.07. The second-order valence-electron chi connectivity index (χ2n) is 8.77. The Labute approximate surface area is 201 Å². The Hall–Kier alpha value is -3.15. The molecule has 3 rings (SSSR count). The quantitative estimate of drug-likeness (QED) is 0.293. The third kappa shape index (κ3) is 6.46. The summed E-state index contributed by atoms with van der Waals surface area (Å²) in [7, 11) is 0. The lowest BCUT2D eigenvalue weighted by Crippen LogP contribution is -2.28. The number of Topliss-reactive ketones (excluding diaryl/α,β-unsaturated/α-hetero) is 1. The zero-order valence-corrected chi connectivity index (χ0v) is 20.6. The normalized spacial score (nSPS) is 20.3. The van der Waals surface area contributed by atoms with Gasteiger partial charge in [0.05, 0.1) is 12.5 Å². The van der Waals surface area contributed by atoms with Crippen LogP contribution in [0.3, 0.4) is 0 Å². The number of nitrogens with zero attached hydrogens (tertiary/aromatic N) is 1. The van der Waals surface area contributed by atoms with E-state index < -0.39 is 5.97 Å². The predicted octanol–water partition coefficient (Wildman–Crippen LogP) is 6.55. The van der Waals surface area contributed by atoms with Gasteiger partial charge in [0.15, 0.2) is 12.4 Å². The highest BCUT2D eigenvalue weighted by atomic mass is 16.5. The van der Waals surface area contributed by atoms with Crippen molar-refractivity contribution < 1.29 is 23.2 Å². The van der Waals surface area contributed by atoms with Gasteiger partial charge in [-0.05, 0) is 74.9 Å². The number of allylic oxidation sites excluding steroid dienone is 2. The maximum absolute atomic E-state index is 12.6. The van der Waals surface area contributed by atoms with Crippen LogP contribution in [0, 0.1) is 5.92 Å². The number of furan rings is 2. The van der Waals surface area contributed by atoms with Crippen LogP contribution in [0.15, 0.2) is 67.3 Å². The highest BCUT2D eigenvalue weighted by Crippen LogP contribution is 2.37. The van der Waals surface area contributed by atoms with Crippen LogP contribution in [0.5, 0.6) is 0 Å². The summed E-state index contributed by atoms with van der Waals surface area (Å²) >= 11 is 0. The number of carbonyl (C=O) groups is 2. The number of hydrogen-bond acceptors (Lipinski definition) is 6. The fourth-order valence-electron chi connectivity index (χ4n) is 4.45. The third-order valence-corrected chi connectivity index (χ3v) is 6.53. The summed E-state index contributed by atoms with van der Waals surface area (Å²) < 4.78 is 16.5. The zero-order valence-electron chi connectivity index (χ0n) is 20.6. The van der Waals surface area contributed by atoms with Gasteiger partial charge in [-0.15, -0.1) is 0 Å². The van der Waals surface area contributed by atoms with E-state index in [0.717, 1.165) is 54.1 Å². The van der Waals surface area contributed by atoms with Gasteiger partial charge in [-0.1, -0.05) is 26.3 Å². The molecule has 2 unspecified atom stereocenters. The van der Waals surface area contributed by atoms with Crippen molar-refractivity contribution in [3.63, 3.8) is 0 Å². The van der Waals surface area contributed by atoms with Crippen LogP contribution in [-0.4, -0.2) is 30.6 Å². The molecular formula is C28H35NO5. The number of rotatable bonds is 10. The maximum atomic E-state index is 12.6. The van der Waals surface area contributed by atoms with E-state index in [4.69, 9.17) is 18.6 Å². The Balaban J connectivity index is 1.77. The summed E-state index contributed by atoms with van der Waals surface area (Å²) in [6.07, 6.45) is 9.55. The van der Waals surface area contributed by atoms with Gasteiger partial charge in [0, 0.05) is 23.1 Å². The molecule has 2 aromatic rings. The fourth-order valence-corrected chi connectivity index (χ4v) is 4.45. The second kappa shape index (κ2) is 12.4. The Morgan fingerprint density at radius 1 is 1.18 bits per heavy atom. The van der Waals surface area contributed by atoms with Crippen molar-refractivity contribution in [3.05, 3.63) is 65.0 Å². The van der Waals surface area contributed by atoms with Crippen LogP contribution in [0.2, 0.25) is 0 Å². The first kappa shape index (κ1) is 25.5. The summed E-state index contributed by atoms with van der Waals surface area (Å²) in [5.41, 5.74) is 3.61. The Kier molecular flexibility index (Phi) is 9.25. The van der Waals surface area contributed by atoms with Gasteiger partial charge >= 0.3 is 5.97 Å². The number of carbonyl (C=O) groups excluding carboxylic acids is 2. The molecule has 1 aliphatic carbocycles. The molecule has 182 valence electrons. The van der Waals surface area contributed by atoms with Crippen LogP contribution in [0.1, 0.15) is 77.2 Å². The van der Waals surface area contributed by atoms with Gasteiger partial charge in [-0.25, -0.2) is 4.79 Å². The van der Waals surface area contributed by atoms with E-state index in [1.54, 1.807) is 12.5 Å². The average molecular weight is 466 g/mol. The van der Waals surface area contributed by atoms with Crippen molar-refractivity contribution in [1.29, 1.82) is 0 Å². The standard InChI is InChI=1S/C28H35NO5/c1-5-19(3)24(6-2)28(31)34-18-22(30)17-29-27-21(16-23-11-8-14-32-23)10-7-12-25(27)20(4)26-13-9-15-33-26/h8-9,11,13-16,20,25H,5-7,10,12,17-18H2,1-4H3/b21-16+,24-19-,29-27-. The number of hydrogen-bond donors (Lipinski definition) is 0. The molecule has 0 spiro atoms. The maximum Gasteiger partial charge on any atom is 0.334 e. The lowest BCUT2D eigenvalue weighted by atomic mass is 9.75. The zero-order chi connectivity index (χ0) is 24.5. The summed E-state index contributed by atoms with van der Waals surface area (Å²) in [6, 6.07) is 7.63. The molecular weight excluding hydrogens is 430 g/mol. The molecule has 1 fully saturated rings. The van der Waals surface area contributed by atoms with E-state index in [9.17, 15) is 9.59 Å². The fraction of sp³-hybridized carbons (Fsp3) is 0.464. The van der Waals surface area contributed by atoms with Gasteiger partial charge < -0.3 is 13.6 Å². The van der Waals surface area contributed by atoms with Crippen molar-refractivity contribution in [2.24, 2.45) is 10.9 Å². The molecule has 0 bridgehead atoms. The van der Waals surface area contributed by atoms with Crippen LogP contribution in [-0.2, 0) is 14.3 Å². The van der Waals surface area contributed by atoms with Crippen LogP contribution >= 0.6 is 0 Å². The summed E-state index contributed by atoms with van der Waals surface area (Å²) in [6.45, 7) is 7.66. The van der Waals surface area contributed by atoms with Crippen molar-refractivity contribution in [2.45, 2.75) is 65.7 Å². The van der Waals surface area contributed by atoms with Crippen molar-refractivity contribution in [3.8, 4) is 0 Å². The molecule has 2 aromatic heterocycles. The molecule has 6 nitrogen and oxygen atoms in total. The van der Waals surface area contributed by atoms with Crippen molar-refractivity contribution in [2.75, 3.05) is 13.2 Å². The molecule has 2 heterocycles. The van der Waals surface area contributed by atoms with Gasteiger partial charge in [0.25, 0.3) is 0 Å². The minimum absolute atomic E-state index is 0.0303. The van der Waals surface area contributed by atoms with E-state index in [1.807, 2.05) is 51.1 Å². The lowest BCUT2D eigenvalue weighted by molar-refractivity contribution is -0.143. The molecule has 0 aromatic carbocycles. The average Bonchev–Trinajstić information content (AvgIpc) is 3.56. The van der Waals surface area contributed by atoms with Crippen molar-refractivity contribution in [1.82, 2.24) is 0 Å². The number of ether oxygens (including phenoxy) is 1. The molecule has 0 N–H and O–H groups in total. The first-order chi connectivity index (χ1) is 16.4. The van der Waals surface area contributed by atoms with Gasteiger partial charge in [-0.2, -0.15) is 0 Å². The van der Waals surface area contributed by atoms with Gasteiger partial charge in [0.2, 0.25) is 0 Å². The smallest absolute Gasteiger partial charge is 0.334 e. The summed E-state index contributed by atoms with van der Waals surface area (Å²) in [5.74, 6) is 1.28. The highest BCUT2D eigenvalue weighted by Gasteiger charge is 2.31. The molecule has 0 aliphatic heterocycles. The molecule has 1 saturated carbocycles. The Morgan fingerprint density at radius 2 is 1.94 bits per heavy atom. The van der Waals surface area contributed by atoms with Crippen LogP contribution < -0.4 is 0 Å². The SMILES string of the molecule is CC/C(C)=C(/CC)C(=O)OCC(=O)C/N=C1/C(=C/c2ccco2)CCCC1C(C)c1ccco1. The van der Waals surface area contributed by atoms with E-state index in [0.29, 0.717) is 12.0 Å². The molecule has 0 saturated heterocycles. The molecule has 0 amide bonds. The van der Waals surface area contributed by atoms with Gasteiger partial charge in [-0.3, -0.25) is 9.79 Å². The first-order valence-corrected chi connectivity index (χ1v) is 12.1. The van der Waals surface area contributed by atoms with E-state index in [2.05, 4.69) is 6.92 Å². The van der Waals surface area contributed by atoms with E-state index in [1.165, 1.54) is 0 Å². The topological polar surface area (TPSA) is 82.0 Å². The predicted molar refractivity (Wildman–Crippen MR) is 133 cm³/mol. The minimum Gasteiger partial charge on any atom is -0.469 e. The van der Waals surface area contributed by atoms with E-state index in [-0.39, 0.29) is 30.8 Å². The second-order valence-corrected chi connectivity index (χ2v) is 8.77. The number of ketones is 1. The third-order valence-electron chi connectivity index (χ3n) is 6.53. The molecule has 1 aliphatic rings. The monoisotopic (exact) mass is 465 g/mol. The molecule has 6 heteroatoms. The first-order valence-electron chi connectivity index (χ1n) is 12.1. The Bertz CT molecular complexity index is 1040. The van der Waals surface area contributed by atoms with Gasteiger partial charge in [0.1, 0.15) is 18.1 Å². The van der Waals surface area contributed by atoms with Crippen LogP contribution in [0.4, 0.5) is 0 Å². The summed E-state index contributed by atoms with van der Waals surface area (Å²) in [5, 5.41) is 0. The minimum atomic E-state index is -0.414. The van der Waals surface area contributed by atoms with Crippen LogP contribution in [0.25, 0.3) is 6.08 Å². The molecule has 2 atom stereocenters.